The number of amides is 1. The van der Waals surface area contributed by atoms with Gasteiger partial charge in [0.1, 0.15) is 5.69 Å². The van der Waals surface area contributed by atoms with Crippen LogP contribution in [0.4, 0.5) is 11.4 Å². The van der Waals surface area contributed by atoms with Crippen LogP contribution in [-0.4, -0.2) is 35.4 Å². The molecule has 0 aliphatic rings. The Bertz CT molecular complexity index is 581. The summed E-state index contributed by atoms with van der Waals surface area (Å²) in [6, 6.07) is 8.24. The molecule has 0 saturated carbocycles. The Morgan fingerprint density at radius 1 is 1.39 bits per heavy atom. The van der Waals surface area contributed by atoms with Gasteiger partial charge in [0.25, 0.3) is 5.69 Å². The van der Waals surface area contributed by atoms with Gasteiger partial charge in [0.05, 0.1) is 24.0 Å². The monoisotopic (exact) mass is 318 g/mol. The minimum Gasteiger partial charge on any atom is -0.371 e. The number of para-hydroxylation sites is 2. The highest BCUT2D eigenvalue weighted by Crippen LogP contribution is 2.22. The second-order valence-electron chi connectivity index (χ2n) is 5.60. The van der Waals surface area contributed by atoms with Gasteiger partial charge in [-0.25, -0.2) is 0 Å². The van der Waals surface area contributed by atoms with Crippen LogP contribution >= 0.6 is 0 Å². The van der Waals surface area contributed by atoms with Gasteiger partial charge in [-0.3, -0.25) is 14.9 Å². The zero-order chi connectivity index (χ0) is 17.2. The normalized spacial score (nSPS) is 10.2. The molecule has 0 bridgehead atoms. The summed E-state index contributed by atoms with van der Waals surface area (Å²) < 4.78 is 0. The van der Waals surface area contributed by atoms with E-state index in [1.54, 1.807) is 23.1 Å². The minimum absolute atomic E-state index is 0.0334. The first-order chi connectivity index (χ1) is 11.0. The molecule has 23 heavy (non-hydrogen) atoms. The molecule has 7 nitrogen and oxygen atoms in total. The van der Waals surface area contributed by atoms with Crippen LogP contribution in [0, 0.1) is 27.4 Å². The molecule has 1 amide bonds. The quantitative estimate of drug-likeness (QED) is 0.557. The topological polar surface area (TPSA) is 99.3 Å². The molecule has 0 atom stereocenters. The third-order valence-electron chi connectivity index (χ3n) is 3.35. The van der Waals surface area contributed by atoms with Gasteiger partial charge < -0.3 is 10.2 Å². The van der Waals surface area contributed by atoms with Crippen molar-refractivity contribution < 1.29 is 9.72 Å². The fraction of sp³-hybridized carbons (Fsp3) is 0.500. The maximum absolute atomic E-state index is 12.3. The number of carbonyl (C=O) groups excluding carboxylic acids is 1. The van der Waals surface area contributed by atoms with Gasteiger partial charge in [-0.1, -0.05) is 26.0 Å². The Kier molecular flexibility index (Phi) is 7.54. The first kappa shape index (κ1) is 18.4. The zero-order valence-corrected chi connectivity index (χ0v) is 13.5. The number of nitriles is 1. The first-order valence-electron chi connectivity index (χ1n) is 7.57. The number of nitro benzene ring substituents is 1. The third-order valence-corrected chi connectivity index (χ3v) is 3.35. The summed E-state index contributed by atoms with van der Waals surface area (Å²) in [6.45, 7) is 5.06. The lowest BCUT2D eigenvalue weighted by Crippen LogP contribution is -2.37. The predicted molar refractivity (Wildman–Crippen MR) is 87.9 cm³/mol. The van der Waals surface area contributed by atoms with E-state index >= 15 is 0 Å². The number of rotatable bonds is 9. The van der Waals surface area contributed by atoms with E-state index in [9.17, 15) is 14.9 Å². The number of nitrogens with one attached hydrogen (secondary N) is 1. The molecule has 0 fully saturated rings. The number of hydrogen-bond donors (Lipinski definition) is 1. The van der Waals surface area contributed by atoms with E-state index in [0.29, 0.717) is 24.7 Å². The van der Waals surface area contributed by atoms with Crippen molar-refractivity contribution in [1.82, 2.24) is 4.90 Å². The number of carbonyl (C=O) groups is 1. The Morgan fingerprint density at radius 2 is 2.09 bits per heavy atom. The SMILES string of the molecule is CC(C)CCN(CCC#N)C(=O)CNc1ccccc1[N+](=O)[O-]. The summed E-state index contributed by atoms with van der Waals surface area (Å²) in [5.41, 5.74) is 0.251. The van der Waals surface area contributed by atoms with Crippen molar-refractivity contribution in [3.05, 3.63) is 34.4 Å². The highest BCUT2D eigenvalue weighted by molar-refractivity contribution is 5.81. The van der Waals surface area contributed by atoms with Crippen molar-refractivity contribution in [2.75, 3.05) is 25.0 Å². The smallest absolute Gasteiger partial charge is 0.292 e. The van der Waals surface area contributed by atoms with Crippen molar-refractivity contribution in [3.63, 3.8) is 0 Å². The van der Waals surface area contributed by atoms with Crippen LogP contribution < -0.4 is 5.32 Å². The number of nitro groups is 1. The second kappa shape index (κ2) is 9.41. The van der Waals surface area contributed by atoms with Gasteiger partial charge in [-0.05, 0) is 18.4 Å². The molecular weight excluding hydrogens is 296 g/mol. The molecule has 0 aliphatic heterocycles. The molecule has 124 valence electrons. The maximum atomic E-state index is 12.3. The number of benzene rings is 1. The van der Waals surface area contributed by atoms with Gasteiger partial charge >= 0.3 is 0 Å². The summed E-state index contributed by atoms with van der Waals surface area (Å²) in [6.07, 6.45) is 1.12. The van der Waals surface area contributed by atoms with Crippen LogP contribution in [0.2, 0.25) is 0 Å². The average Bonchev–Trinajstić information content (AvgIpc) is 2.52. The van der Waals surface area contributed by atoms with E-state index in [4.69, 9.17) is 5.26 Å². The van der Waals surface area contributed by atoms with E-state index in [-0.39, 0.29) is 24.6 Å². The maximum Gasteiger partial charge on any atom is 0.292 e. The molecule has 0 aliphatic carbocycles. The van der Waals surface area contributed by atoms with Crippen LogP contribution in [-0.2, 0) is 4.79 Å². The minimum atomic E-state index is -0.487. The summed E-state index contributed by atoms with van der Waals surface area (Å²) in [5.74, 6) is 0.287. The van der Waals surface area contributed by atoms with Crippen LogP contribution in [0.15, 0.2) is 24.3 Å². The molecule has 1 aromatic carbocycles. The third kappa shape index (κ3) is 6.34. The van der Waals surface area contributed by atoms with Gasteiger partial charge in [0, 0.05) is 19.2 Å². The van der Waals surface area contributed by atoms with E-state index in [0.717, 1.165) is 6.42 Å². The van der Waals surface area contributed by atoms with Crippen LogP contribution in [0.3, 0.4) is 0 Å². The van der Waals surface area contributed by atoms with Crippen molar-refractivity contribution >= 4 is 17.3 Å². The Hall–Kier alpha value is -2.62. The molecule has 0 heterocycles. The number of nitrogens with zero attached hydrogens (tertiary/aromatic N) is 3. The predicted octanol–water partition coefficient (Wildman–Crippen LogP) is 2.80. The van der Waals surface area contributed by atoms with Crippen molar-refractivity contribution in [3.8, 4) is 6.07 Å². The summed E-state index contributed by atoms with van der Waals surface area (Å²) in [7, 11) is 0. The molecule has 0 unspecified atom stereocenters. The largest absolute Gasteiger partial charge is 0.371 e. The zero-order valence-electron chi connectivity index (χ0n) is 13.5. The molecule has 1 aromatic rings. The molecule has 0 saturated heterocycles. The Morgan fingerprint density at radius 3 is 2.70 bits per heavy atom. The average molecular weight is 318 g/mol. The number of anilines is 1. The number of hydrogen-bond acceptors (Lipinski definition) is 5. The standard InChI is InChI=1S/C16H22N4O3/c1-13(2)8-11-19(10-5-9-17)16(21)12-18-14-6-3-4-7-15(14)20(22)23/h3-4,6-7,13,18H,5,8,10-12H2,1-2H3. The van der Waals surface area contributed by atoms with Crippen molar-refractivity contribution in [2.45, 2.75) is 26.7 Å². The molecule has 0 aromatic heterocycles. The van der Waals surface area contributed by atoms with E-state index in [1.807, 2.05) is 6.07 Å². The Balaban J connectivity index is 2.67. The lowest BCUT2D eigenvalue weighted by Gasteiger charge is -2.23. The second-order valence-corrected chi connectivity index (χ2v) is 5.60. The summed E-state index contributed by atoms with van der Waals surface area (Å²) in [4.78, 5) is 24.4. The molecule has 7 heteroatoms. The molecule has 0 radical (unpaired) electrons. The fourth-order valence-electron chi connectivity index (χ4n) is 2.03. The molecule has 1 N–H and O–H groups in total. The van der Waals surface area contributed by atoms with Gasteiger partial charge in [0.15, 0.2) is 0 Å². The highest BCUT2D eigenvalue weighted by Gasteiger charge is 2.16. The highest BCUT2D eigenvalue weighted by atomic mass is 16.6. The lowest BCUT2D eigenvalue weighted by atomic mass is 10.1. The Labute approximate surface area is 136 Å². The van der Waals surface area contributed by atoms with Crippen LogP contribution in [0.1, 0.15) is 26.7 Å². The van der Waals surface area contributed by atoms with Crippen molar-refractivity contribution in [2.24, 2.45) is 5.92 Å². The van der Waals surface area contributed by atoms with E-state index in [1.165, 1.54) is 6.07 Å². The van der Waals surface area contributed by atoms with Gasteiger partial charge in [0.2, 0.25) is 5.91 Å². The van der Waals surface area contributed by atoms with E-state index in [2.05, 4.69) is 19.2 Å². The molecule has 0 spiro atoms. The first-order valence-corrected chi connectivity index (χ1v) is 7.57. The fourth-order valence-corrected chi connectivity index (χ4v) is 2.03. The lowest BCUT2D eigenvalue weighted by molar-refractivity contribution is -0.383. The van der Waals surface area contributed by atoms with Gasteiger partial charge in [-0.2, -0.15) is 5.26 Å². The van der Waals surface area contributed by atoms with Crippen LogP contribution in [0.25, 0.3) is 0 Å². The van der Waals surface area contributed by atoms with E-state index < -0.39 is 4.92 Å². The van der Waals surface area contributed by atoms with Crippen LogP contribution in [0.5, 0.6) is 0 Å². The summed E-state index contributed by atoms with van der Waals surface area (Å²) in [5, 5.41) is 22.5. The molecular formula is C16H22N4O3. The molecule has 1 rings (SSSR count). The summed E-state index contributed by atoms with van der Waals surface area (Å²) >= 11 is 0. The van der Waals surface area contributed by atoms with Crippen molar-refractivity contribution in [1.29, 1.82) is 5.26 Å². The van der Waals surface area contributed by atoms with Gasteiger partial charge in [-0.15, -0.1) is 0 Å².